The molecule has 0 saturated heterocycles. The molecule has 4 aromatic rings. The number of hydrogen-bond donors (Lipinski definition) is 1. The molecule has 0 atom stereocenters. The molecule has 0 bridgehead atoms. The zero-order chi connectivity index (χ0) is 23.5. The average Bonchev–Trinajstić information content (AvgIpc) is 3.23. The third-order valence-corrected chi connectivity index (χ3v) is 6.57. The Labute approximate surface area is 202 Å². The normalized spacial score (nSPS) is 10.6. The Hall–Kier alpha value is -3.56. The second-order valence-electron chi connectivity index (χ2n) is 7.17. The number of hydrogen-bond acceptors (Lipinski definition) is 6. The number of amides is 1. The van der Waals surface area contributed by atoms with E-state index in [1.807, 2.05) is 31.2 Å². The topological polar surface area (TPSA) is 94.4 Å². The van der Waals surface area contributed by atoms with Crippen molar-refractivity contribution in [2.45, 2.75) is 6.92 Å². The van der Waals surface area contributed by atoms with Crippen LogP contribution in [0.25, 0.3) is 21.7 Å². The lowest BCUT2D eigenvalue weighted by atomic mass is 10.1. The Morgan fingerprint density at radius 3 is 2.33 bits per heavy atom. The summed E-state index contributed by atoms with van der Waals surface area (Å²) in [7, 11) is 1.56. The number of nitro groups is 1. The summed E-state index contributed by atoms with van der Waals surface area (Å²) in [6, 6.07) is 19.3. The number of nitro benzene ring substituents is 1. The van der Waals surface area contributed by atoms with Crippen molar-refractivity contribution in [3.05, 3.63) is 92.4 Å². The number of ether oxygens (including phenoxy) is 1. The first-order chi connectivity index (χ1) is 15.9. The molecule has 0 aliphatic heterocycles. The van der Waals surface area contributed by atoms with E-state index in [1.54, 1.807) is 37.4 Å². The van der Waals surface area contributed by atoms with Gasteiger partial charge in [0, 0.05) is 23.3 Å². The first-order valence-corrected chi connectivity index (χ1v) is 11.4. The van der Waals surface area contributed by atoms with Crippen LogP contribution in [0.1, 0.15) is 15.9 Å². The second-order valence-corrected chi connectivity index (χ2v) is 9.02. The molecule has 0 spiro atoms. The summed E-state index contributed by atoms with van der Waals surface area (Å²) in [5, 5.41) is 14.3. The molecule has 0 saturated carbocycles. The van der Waals surface area contributed by atoms with Gasteiger partial charge in [-0.25, -0.2) is 4.98 Å². The number of halogens is 1. The number of thiazole rings is 1. The number of methoxy groups -OCH3 is 1. The van der Waals surface area contributed by atoms with Crippen LogP contribution in [-0.2, 0) is 0 Å². The number of aromatic nitrogens is 1. The van der Waals surface area contributed by atoms with E-state index in [9.17, 15) is 14.9 Å². The predicted molar refractivity (Wildman–Crippen MR) is 133 cm³/mol. The molecule has 0 aliphatic rings. The molecule has 0 unspecified atom stereocenters. The fourth-order valence-electron chi connectivity index (χ4n) is 3.19. The molecule has 1 N–H and O–H groups in total. The first-order valence-electron chi connectivity index (χ1n) is 9.83. The van der Waals surface area contributed by atoms with Gasteiger partial charge in [-0.2, -0.15) is 0 Å². The Bertz CT molecular complexity index is 1340. The van der Waals surface area contributed by atoms with Crippen LogP contribution < -0.4 is 10.1 Å². The molecule has 0 fully saturated rings. The molecule has 7 nitrogen and oxygen atoms in total. The van der Waals surface area contributed by atoms with Crippen molar-refractivity contribution in [1.29, 1.82) is 0 Å². The smallest absolute Gasteiger partial charge is 0.269 e. The lowest BCUT2D eigenvalue weighted by molar-refractivity contribution is -0.384. The van der Waals surface area contributed by atoms with Crippen molar-refractivity contribution in [1.82, 2.24) is 4.98 Å². The van der Waals surface area contributed by atoms with E-state index in [1.165, 1.54) is 23.5 Å². The number of rotatable bonds is 6. The molecule has 4 rings (SSSR count). The second kappa shape index (κ2) is 9.51. The van der Waals surface area contributed by atoms with Crippen molar-refractivity contribution in [2.24, 2.45) is 0 Å². The van der Waals surface area contributed by atoms with E-state index < -0.39 is 4.92 Å². The Morgan fingerprint density at radius 1 is 1.06 bits per heavy atom. The van der Waals surface area contributed by atoms with Crippen LogP contribution in [0.5, 0.6) is 5.75 Å². The zero-order valence-corrected chi connectivity index (χ0v) is 20.1. The first kappa shape index (κ1) is 22.6. The fraction of sp³-hybridized carbons (Fsp3) is 0.0833. The van der Waals surface area contributed by atoms with E-state index in [4.69, 9.17) is 4.74 Å². The fourth-order valence-corrected chi connectivity index (χ4v) is 4.72. The third-order valence-electron chi connectivity index (χ3n) is 4.93. The highest BCUT2D eigenvalue weighted by Crippen LogP contribution is 2.39. The quantitative estimate of drug-likeness (QED) is 0.223. The van der Waals surface area contributed by atoms with E-state index in [-0.39, 0.29) is 11.6 Å². The third kappa shape index (κ3) is 4.94. The zero-order valence-electron chi connectivity index (χ0n) is 17.7. The summed E-state index contributed by atoms with van der Waals surface area (Å²) < 4.78 is 5.89. The van der Waals surface area contributed by atoms with Crippen LogP contribution in [-0.4, -0.2) is 22.9 Å². The molecule has 1 heterocycles. The number of carbonyl (C=O) groups is 1. The summed E-state index contributed by atoms with van der Waals surface area (Å²) in [4.78, 5) is 28.9. The number of benzene rings is 3. The van der Waals surface area contributed by atoms with Crippen molar-refractivity contribution < 1.29 is 14.5 Å². The Kier molecular flexibility index (Phi) is 6.52. The maximum atomic E-state index is 12.8. The van der Waals surface area contributed by atoms with Gasteiger partial charge in [0.1, 0.15) is 5.75 Å². The van der Waals surface area contributed by atoms with E-state index in [0.717, 1.165) is 21.6 Å². The van der Waals surface area contributed by atoms with Gasteiger partial charge in [0.25, 0.3) is 11.6 Å². The molecule has 0 aliphatic carbocycles. The highest BCUT2D eigenvalue weighted by molar-refractivity contribution is 9.10. The van der Waals surface area contributed by atoms with Crippen molar-refractivity contribution in [2.75, 3.05) is 12.4 Å². The van der Waals surface area contributed by atoms with Gasteiger partial charge in [-0.3, -0.25) is 20.2 Å². The molecule has 166 valence electrons. The molecular formula is C24H18BrN3O4S. The largest absolute Gasteiger partial charge is 0.496 e. The van der Waals surface area contributed by atoms with Crippen molar-refractivity contribution >= 4 is 44.0 Å². The number of non-ortho nitro benzene ring substituents is 1. The van der Waals surface area contributed by atoms with Gasteiger partial charge in [-0.05, 0) is 58.7 Å². The molecule has 1 amide bonds. The Balaban J connectivity index is 1.71. The number of anilines is 1. The van der Waals surface area contributed by atoms with Crippen molar-refractivity contribution in [3.8, 4) is 27.4 Å². The number of nitrogens with one attached hydrogen (secondary N) is 1. The van der Waals surface area contributed by atoms with Gasteiger partial charge in [0.15, 0.2) is 5.13 Å². The van der Waals surface area contributed by atoms with Crippen LogP contribution in [0.3, 0.4) is 0 Å². The summed E-state index contributed by atoms with van der Waals surface area (Å²) in [5.41, 5.74) is 3.89. The number of aryl methyl sites for hydroxylation is 1. The van der Waals surface area contributed by atoms with Gasteiger partial charge in [-0.15, -0.1) is 0 Å². The maximum absolute atomic E-state index is 12.8. The van der Waals surface area contributed by atoms with Gasteiger partial charge in [0.05, 0.1) is 27.1 Å². The van der Waals surface area contributed by atoms with E-state index in [2.05, 4.69) is 26.2 Å². The highest BCUT2D eigenvalue weighted by atomic mass is 79.9. The summed E-state index contributed by atoms with van der Waals surface area (Å²) in [6.07, 6.45) is 0. The lowest BCUT2D eigenvalue weighted by Gasteiger charge is -2.06. The predicted octanol–water partition coefficient (Wildman–Crippen LogP) is 6.72. The number of carbonyl (C=O) groups excluding carboxylic acids is 1. The molecule has 1 aromatic heterocycles. The van der Waals surface area contributed by atoms with Crippen LogP contribution in [0.4, 0.5) is 10.8 Å². The van der Waals surface area contributed by atoms with Crippen LogP contribution in [0.15, 0.2) is 71.2 Å². The average molecular weight is 524 g/mol. The van der Waals surface area contributed by atoms with Crippen LogP contribution in [0.2, 0.25) is 0 Å². The summed E-state index contributed by atoms with van der Waals surface area (Å²) in [5.74, 6) is 0.320. The van der Waals surface area contributed by atoms with Gasteiger partial charge < -0.3 is 4.74 Å². The van der Waals surface area contributed by atoms with E-state index in [0.29, 0.717) is 26.6 Å². The maximum Gasteiger partial charge on any atom is 0.269 e. The molecule has 9 heteroatoms. The molecule has 0 radical (unpaired) electrons. The highest BCUT2D eigenvalue weighted by Gasteiger charge is 2.18. The van der Waals surface area contributed by atoms with Crippen LogP contribution in [0, 0.1) is 17.0 Å². The Morgan fingerprint density at radius 2 is 1.73 bits per heavy atom. The summed E-state index contributed by atoms with van der Waals surface area (Å²) >= 11 is 4.74. The van der Waals surface area contributed by atoms with Gasteiger partial charge in [0.2, 0.25) is 0 Å². The minimum absolute atomic E-state index is 0.00414. The molecular weight excluding hydrogens is 506 g/mol. The standard InChI is InChI=1S/C24H18BrN3O4S/c1-14-3-5-16(6-4-14)22-21(15-7-10-18(11-8-15)28(30)31)26-24(33-22)27-23(29)17-9-12-20(32-2)19(25)13-17/h3-13H,1-2H3,(H,26,27,29). The monoisotopic (exact) mass is 523 g/mol. The van der Waals surface area contributed by atoms with Gasteiger partial charge >= 0.3 is 0 Å². The van der Waals surface area contributed by atoms with Gasteiger partial charge in [-0.1, -0.05) is 41.2 Å². The molecule has 33 heavy (non-hydrogen) atoms. The SMILES string of the molecule is COc1ccc(C(=O)Nc2nc(-c3ccc([N+](=O)[O-])cc3)c(-c3ccc(C)cc3)s2)cc1Br. The number of nitrogens with zero attached hydrogens (tertiary/aromatic N) is 2. The minimum Gasteiger partial charge on any atom is -0.496 e. The minimum atomic E-state index is -0.440. The summed E-state index contributed by atoms with van der Waals surface area (Å²) in [6.45, 7) is 2.01. The van der Waals surface area contributed by atoms with Crippen molar-refractivity contribution in [3.63, 3.8) is 0 Å². The van der Waals surface area contributed by atoms with Crippen LogP contribution >= 0.6 is 27.3 Å². The van der Waals surface area contributed by atoms with E-state index >= 15 is 0 Å². The lowest BCUT2D eigenvalue weighted by Crippen LogP contribution is -2.11. The molecule has 3 aromatic carbocycles.